The molecule has 5 nitrogen and oxygen atoms in total. The molecule has 21 heavy (non-hydrogen) atoms. The quantitative estimate of drug-likeness (QED) is 0.846. The molecule has 1 aromatic carbocycles. The molecule has 1 heterocycles. The first-order valence-corrected chi connectivity index (χ1v) is 7.40. The molecule has 0 saturated heterocycles. The van der Waals surface area contributed by atoms with Crippen molar-refractivity contribution in [3.8, 4) is 17.4 Å². The van der Waals surface area contributed by atoms with Crippen LogP contribution in [0.2, 0.25) is 0 Å². The van der Waals surface area contributed by atoms with Gasteiger partial charge >= 0.3 is 6.01 Å². The molecule has 0 unspecified atom stereocenters. The highest BCUT2D eigenvalue weighted by molar-refractivity contribution is 5.57. The van der Waals surface area contributed by atoms with E-state index in [1.165, 1.54) is 5.56 Å². The Balaban J connectivity index is 2.28. The minimum absolute atomic E-state index is 0.330. The van der Waals surface area contributed by atoms with Gasteiger partial charge < -0.3 is 10.1 Å². The summed E-state index contributed by atoms with van der Waals surface area (Å²) in [6.07, 6.45) is 3.24. The van der Waals surface area contributed by atoms with Crippen LogP contribution in [0.25, 0.3) is 11.4 Å². The predicted octanol–water partition coefficient (Wildman–Crippen LogP) is 3.32. The fraction of sp³-hybridized carbons (Fsp3) is 0.438. The van der Waals surface area contributed by atoms with Gasteiger partial charge in [-0.15, -0.1) is 0 Å². The van der Waals surface area contributed by atoms with Gasteiger partial charge in [0.25, 0.3) is 0 Å². The van der Waals surface area contributed by atoms with Crippen molar-refractivity contribution in [2.45, 2.75) is 33.1 Å². The van der Waals surface area contributed by atoms with Crippen LogP contribution in [0.4, 0.5) is 5.95 Å². The molecule has 0 radical (unpaired) electrons. The van der Waals surface area contributed by atoms with Gasteiger partial charge in [-0.3, -0.25) is 0 Å². The third-order valence-corrected chi connectivity index (χ3v) is 3.08. The lowest BCUT2D eigenvalue weighted by atomic mass is 10.1. The van der Waals surface area contributed by atoms with E-state index in [1.807, 2.05) is 12.1 Å². The minimum atomic E-state index is 0.330. The number of nitrogens with zero attached hydrogens (tertiary/aromatic N) is 3. The normalized spacial score (nSPS) is 10.4. The second kappa shape index (κ2) is 7.57. The number of anilines is 1. The molecule has 5 heteroatoms. The Morgan fingerprint density at radius 1 is 1.00 bits per heavy atom. The van der Waals surface area contributed by atoms with Crippen LogP contribution in [-0.4, -0.2) is 28.6 Å². The topological polar surface area (TPSA) is 59.9 Å². The molecule has 0 fully saturated rings. The number of benzene rings is 1. The van der Waals surface area contributed by atoms with Crippen LogP contribution in [0.1, 0.15) is 32.3 Å². The molecule has 1 N–H and O–H groups in total. The lowest BCUT2D eigenvalue weighted by Gasteiger charge is -2.08. The Bertz CT molecular complexity index is 569. The Morgan fingerprint density at radius 2 is 1.76 bits per heavy atom. The minimum Gasteiger partial charge on any atom is -0.467 e. The first-order chi connectivity index (χ1) is 10.3. The molecule has 0 saturated carbocycles. The van der Waals surface area contributed by atoms with E-state index in [0.29, 0.717) is 17.8 Å². The van der Waals surface area contributed by atoms with Gasteiger partial charge in [0, 0.05) is 12.1 Å². The Labute approximate surface area is 125 Å². The molecule has 0 atom stereocenters. The van der Waals surface area contributed by atoms with Gasteiger partial charge in [0.05, 0.1) is 7.11 Å². The van der Waals surface area contributed by atoms with E-state index < -0.39 is 0 Å². The summed E-state index contributed by atoms with van der Waals surface area (Å²) in [6, 6.07) is 8.66. The molecule has 0 amide bonds. The van der Waals surface area contributed by atoms with E-state index in [-0.39, 0.29) is 0 Å². The highest BCUT2D eigenvalue weighted by Gasteiger charge is 2.08. The molecule has 0 aliphatic carbocycles. The summed E-state index contributed by atoms with van der Waals surface area (Å²) in [4.78, 5) is 13.0. The Hall–Kier alpha value is -2.17. The molecule has 0 bridgehead atoms. The zero-order valence-corrected chi connectivity index (χ0v) is 12.9. The standard InChI is InChI=1S/C16H22N4O/c1-4-6-12-7-9-13(10-8-12)14-18-15(17-11-5-2)20-16(19-14)21-3/h7-10H,4-6,11H2,1-3H3,(H,17,18,19,20). The number of ether oxygens (including phenoxy) is 1. The highest BCUT2D eigenvalue weighted by atomic mass is 16.5. The fourth-order valence-electron chi connectivity index (χ4n) is 2.00. The lowest BCUT2D eigenvalue weighted by molar-refractivity contribution is 0.379. The van der Waals surface area contributed by atoms with Crippen LogP contribution in [0.15, 0.2) is 24.3 Å². The van der Waals surface area contributed by atoms with Crippen LogP contribution in [-0.2, 0) is 6.42 Å². The molecule has 2 rings (SSSR count). The van der Waals surface area contributed by atoms with Crippen LogP contribution in [0.3, 0.4) is 0 Å². The first kappa shape index (κ1) is 15.2. The zero-order chi connectivity index (χ0) is 15.1. The monoisotopic (exact) mass is 286 g/mol. The van der Waals surface area contributed by atoms with Crippen LogP contribution in [0.5, 0.6) is 6.01 Å². The average Bonchev–Trinajstić information content (AvgIpc) is 2.53. The zero-order valence-electron chi connectivity index (χ0n) is 12.9. The number of aromatic nitrogens is 3. The number of nitrogens with one attached hydrogen (secondary N) is 1. The van der Waals surface area contributed by atoms with Gasteiger partial charge in [-0.25, -0.2) is 0 Å². The van der Waals surface area contributed by atoms with Crippen molar-refractivity contribution in [2.24, 2.45) is 0 Å². The van der Waals surface area contributed by atoms with Crippen molar-refractivity contribution in [3.05, 3.63) is 29.8 Å². The maximum Gasteiger partial charge on any atom is 0.321 e. The van der Waals surface area contributed by atoms with Crippen molar-refractivity contribution in [1.82, 2.24) is 15.0 Å². The maximum atomic E-state index is 5.16. The summed E-state index contributed by atoms with van der Waals surface area (Å²) < 4.78 is 5.16. The number of hydrogen-bond acceptors (Lipinski definition) is 5. The van der Waals surface area contributed by atoms with Gasteiger partial charge in [0.1, 0.15) is 0 Å². The third-order valence-electron chi connectivity index (χ3n) is 3.08. The largest absolute Gasteiger partial charge is 0.467 e. The van der Waals surface area contributed by atoms with Crippen molar-refractivity contribution < 1.29 is 4.74 Å². The van der Waals surface area contributed by atoms with E-state index >= 15 is 0 Å². The first-order valence-electron chi connectivity index (χ1n) is 7.40. The third kappa shape index (κ3) is 4.15. The fourth-order valence-corrected chi connectivity index (χ4v) is 2.00. The van der Waals surface area contributed by atoms with Gasteiger partial charge in [0.2, 0.25) is 5.95 Å². The van der Waals surface area contributed by atoms with Gasteiger partial charge in [0.15, 0.2) is 5.82 Å². The van der Waals surface area contributed by atoms with E-state index in [2.05, 4.69) is 46.2 Å². The average molecular weight is 286 g/mol. The molecular weight excluding hydrogens is 264 g/mol. The molecule has 0 aliphatic heterocycles. The number of methoxy groups -OCH3 is 1. The van der Waals surface area contributed by atoms with Crippen molar-refractivity contribution in [2.75, 3.05) is 19.0 Å². The molecular formula is C16H22N4O. The second-order valence-electron chi connectivity index (χ2n) is 4.84. The van der Waals surface area contributed by atoms with E-state index in [1.54, 1.807) is 7.11 Å². The number of rotatable bonds is 7. The predicted molar refractivity (Wildman–Crippen MR) is 84.6 cm³/mol. The van der Waals surface area contributed by atoms with Gasteiger partial charge in [-0.2, -0.15) is 15.0 Å². The summed E-state index contributed by atoms with van der Waals surface area (Å²) >= 11 is 0. The van der Waals surface area contributed by atoms with E-state index in [0.717, 1.165) is 31.4 Å². The summed E-state index contributed by atoms with van der Waals surface area (Å²) in [6.45, 7) is 5.09. The summed E-state index contributed by atoms with van der Waals surface area (Å²) in [5.41, 5.74) is 2.29. The number of hydrogen-bond donors (Lipinski definition) is 1. The van der Waals surface area contributed by atoms with Crippen molar-refractivity contribution in [3.63, 3.8) is 0 Å². The molecule has 1 aromatic heterocycles. The lowest BCUT2D eigenvalue weighted by Crippen LogP contribution is -2.07. The van der Waals surface area contributed by atoms with Crippen LogP contribution < -0.4 is 10.1 Å². The summed E-state index contributed by atoms with van der Waals surface area (Å²) in [7, 11) is 1.56. The molecule has 0 spiro atoms. The van der Waals surface area contributed by atoms with Gasteiger partial charge in [-0.05, 0) is 18.4 Å². The SMILES string of the molecule is CCCNc1nc(OC)nc(-c2ccc(CCC)cc2)n1. The highest BCUT2D eigenvalue weighted by Crippen LogP contribution is 2.19. The Morgan fingerprint density at radius 3 is 2.38 bits per heavy atom. The van der Waals surface area contributed by atoms with Crippen molar-refractivity contribution in [1.29, 1.82) is 0 Å². The van der Waals surface area contributed by atoms with Crippen LogP contribution in [0, 0.1) is 0 Å². The number of aryl methyl sites for hydroxylation is 1. The van der Waals surface area contributed by atoms with E-state index in [9.17, 15) is 0 Å². The molecule has 2 aromatic rings. The summed E-state index contributed by atoms with van der Waals surface area (Å²) in [5.74, 6) is 1.18. The van der Waals surface area contributed by atoms with E-state index in [4.69, 9.17) is 4.74 Å². The second-order valence-corrected chi connectivity index (χ2v) is 4.84. The maximum absolute atomic E-state index is 5.16. The Kier molecular flexibility index (Phi) is 5.49. The van der Waals surface area contributed by atoms with Crippen molar-refractivity contribution >= 4 is 5.95 Å². The smallest absolute Gasteiger partial charge is 0.321 e. The molecule has 0 aliphatic rings. The van der Waals surface area contributed by atoms with Crippen LogP contribution >= 0.6 is 0 Å². The van der Waals surface area contributed by atoms with Gasteiger partial charge in [-0.1, -0.05) is 44.5 Å². The molecule has 112 valence electrons. The summed E-state index contributed by atoms with van der Waals surface area (Å²) in [5, 5.41) is 3.17.